The van der Waals surface area contributed by atoms with Crippen molar-refractivity contribution in [2.75, 3.05) is 39.6 Å². The normalized spacial score (nSPS) is 14.1. The molecule has 0 aromatic heterocycles. The molecule has 0 aromatic carbocycles. The predicted molar refractivity (Wildman–Crippen MR) is 368 cm³/mol. The number of hydrogen-bond acceptors (Lipinski definition) is 15. The Bertz CT molecular complexity index is 1770. The second-order valence-corrected chi connectivity index (χ2v) is 29.8. The molecular formula is C72H140O17P2. The Labute approximate surface area is 556 Å². The van der Waals surface area contributed by atoms with E-state index < -0.39 is 97.5 Å². The van der Waals surface area contributed by atoms with Crippen LogP contribution in [0.15, 0.2) is 0 Å². The molecule has 2 unspecified atom stereocenters. The quantitative estimate of drug-likeness (QED) is 0.0222. The summed E-state index contributed by atoms with van der Waals surface area (Å²) < 4.78 is 68.3. The minimum Gasteiger partial charge on any atom is -0.462 e. The molecule has 0 heterocycles. The summed E-state index contributed by atoms with van der Waals surface area (Å²) in [5, 5.41) is 10.6. The lowest BCUT2D eigenvalue weighted by molar-refractivity contribution is -0.161. The van der Waals surface area contributed by atoms with E-state index in [2.05, 4.69) is 41.5 Å². The zero-order valence-electron chi connectivity index (χ0n) is 59.1. The predicted octanol–water partition coefficient (Wildman–Crippen LogP) is 20.8. The van der Waals surface area contributed by atoms with Gasteiger partial charge in [-0.1, -0.05) is 318 Å². The number of phosphoric ester groups is 2. The minimum absolute atomic E-state index is 0.103. The maximum atomic E-state index is 13.0. The molecule has 3 N–H and O–H groups in total. The number of hydrogen-bond donors (Lipinski definition) is 3. The van der Waals surface area contributed by atoms with Crippen molar-refractivity contribution in [3.63, 3.8) is 0 Å². The highest BCUT2D eigenvalue weighted by Crippen LogP contribution is 2.45. The van der Waals surface area contributed by atoms with Crippen molar-refractivity contribution in [1.29, 1.82) is 0 Å². The van der Waals surface area contributed by atoms with Crippen LogP contribution in [0.1, 0.15) is 369 Å². The van der Waals surface area contributed by atoms with Gasteiger partial charge in [0.05, 0.1) is 26.4 Å². The molecule has 0 aliphatic carbocycles. The molecule has 0 aliphatic rings. The maximum Gasteiger partial charge on any atom is 0.472 e. The van der Waals surface area contributed by atoms with Gasteiger partial charge in [-0.05, 0) is 37.5 Å². The topological polar surface area (TPSA) is 237 Å². The molecule has 540 valence electrons. The Hall–Kier alpha value is -1.94. The summed E-state index contributed by atoms with van der Waals surface area (Å²) in [6.45, 7) is 9.42. The average Bonchev–Trinajstić information content (AvgIpc) is 3.69. The van der Waals surface area contributed by atoms with Crippen molar-refractivity contribution in [2.24, 2.45) is 11.8 Å². The third-order valence-electron chi connectivity index (χ3n) is 16.7. The highest BCUT2D eigenvalue weighted by atomic mass is 31.2. The molecule has 0 saturated heterocycles. The van der Waals surface area contributed by atoms with Crippen LogP contribution >= 0.6 is 15.6 Å². The van der Waals surface area contributed by atoms with Gasteiger partial charge in [-0.15, -0.1) is 0 Å². The van der Waals surface area contributed by atoms with E-state index in [1.807, 2.05) is 0 Å². The van der Waals surface area contributed by atoms with Crippen molar-refractivity contribution < 1.29 is 80.2 Å². The van der Waals surface area contributed by atoms with E-state index in [0.29, 0.717) is 37.5 Å². The largest absolute Gasteiger partial charge is 0.472 e. The number of carbonyl (C=O) groups is 4. The average molecular weight is 1340 g/mol. The van der Waals surface area contributed by atoms with Crippen LogP contribution in [0, 0.1) is 11.8 Å². The Morgan fingerprint density at radius 2 is 0.505 bits per heavy atom. The van der Waals surface area contributed by atoms with Crippen LogP contribution < -0.4 is 0 Å². The fourth-order valence-corrected chi connectivity index (χ4v) is 12.5. The molecule has 0 bridgehead atoms. The molecule has 0 fully saturated rings. The van der Waals surface area contributed by atoms with Crippen LogP contribution in [0.4, 0.5) is 0 Å². The van der Waals surface area contributed by atoms with E-state index in [4.69, 9.17) is 37.0 Å². The third-order valence-corrected chi connectivity index (χ3v) is 18.6. The molecular weight excluding hydrogens is 1200 g/mol. The lowest BCUT2D eigenvalue weighted by Crippen LogP contribution is -2.30. The smallest absolute Gasteiger partial charge is 0.462 e. The second-order valence-electron chi connectivity index (χ2n) is 26.9. The first-order chi connectivity index (χ1) is 43.9. The van der Waals surface area contributed by atoms with Gasteiger partial charge in [0, 0.05) is 25.7 Å². The Morgan fingerprint density at radius 3 is 0.747 bits per heavy atom. The number of unbranched alkanes of at least 4 members (excludes halogenated alkanes) is 41. The zero-order valence-corrected chi connectivity index (χ0v) is 60.9. The van der Waals surface area contributed by atoms with Crippen LogP contribution in [0.3, 0.4) is 0 Å². The van der Waals surface area contributed by atoms with Crippen molar-refractivity contribution in [2.45, 2.75) is 387 Å². The van der Waals surface area contributed by atoms with Gasteiger partial charge in [0.25, 0.3) is 0 Å². The van der Waals surface area contributed by atoms with Crippen LogP contribution in [-0.2, 0) is 65.4 Å². The van der Waals surface area contributed by atoms with Gasteiger partial charge < -0.3 is 33.8 Å². The molecule has 0 rings (SSSR count). The highest BCUT2D eigenvalue weighted by molar-refractivity contribution is 7.47. The Balaban J connectivity index is 5.21. The first-order valence-electron chi connectivity index (χ1n) is 37.5. The lowest BCUT2D eigenvalue weighted by atomic mass is 10.0. The van der Waals surface area contributed by atoms with Crippen molar-refractivity contribution in [3.05, 3.63) is 0 Å². The summed E-state index contributed by atoms with van der Waals surface area (Å²) in [6, 6.07) is 0. The fraction of sp³-hybridized carbons (Fsp3) is 0.944. The number of esters is 4. The van der Waals surface area contributed by atoms with Gasteiger partial charge in [-0.25, -0.2) is 9.13 Å². The third kappa shape index (κ3) is 66.5. The molecule has 0 radical (unpaired) electrons. The van der Waals surface area contributed by atoms with Crippen LogP contribution in [0.2, 0.25) is 0 Å². The standard InChI is InChI=1S/C72H140O17P2/c1-7-9-11-13-15-17-19-21-23-24-25-26-28-30-32-36-44-50-56-71(76)88-67(60-82-69(74)54-48-42-35-31-29-27-22-20-18-16-14-12-10-8-2)62-86-90(78,79)84-58-66(73)59-85-91(80,81)87-63-68(61-83-70(75)55-49-43-39-38-41-47-53-65(5)6)89-72(77)57-51-45-37-33-34-40-46-52-64(3)4/h64-68,73H,7-63H2,1-6H3,(H,78,79)(H,80,81)/t66-,67-,68-/m1/s1. The summed E-state index contributed by atoms with van der Waals surface area (Å²) in [5.74, 6) is -0.750. The Kier molecular flexibility index (Phi) is 62.7. The number of phosphoric acid groups is 2. The van der Waals surface area contributed by atoms with Gasteiger partial charge in [0.2, 0.25) is 0 Å². The van der Waals surface area contributed by atoms with Crippen molar-refractivity contribution >= 4 is 39.5 Å². The SMILES string of the molecule is CCCCCCCCCCCCCCCCCCCCC(=O)O[C@H](COC(=O)CCCCCCCCCCCCCCCC)COP(=O)(O)OC[C@@H](O)COP(=O)(O)OC[C@@H](COC(=O)CCCCCCCCC(C)C)OC(=O)CCCCCCCCCC(C)C. The Morgan fingerprint density at radius 1 is 0.297 bits per heavy atom. The molecule has 17 nitrogen and oxygen atoms in total. The van der Waals surface area contributed by atoms with E-state index >= 15 is 0 Å². The summed E-state index contributed by atoms with van der Waals surface area (Å²) in [6.07, 6.45) is 50.3. The number of aliphatic hydroxyl groups is 1. The maximum absolute atomic E-state index is 13.0. The molecule has 0 aromatic rings. The number of ether oxygens (including phenoxy) is 4. The van der Waals surface area contributed by atoms with E-state index in [1.54, 1.807) is 0 Å². The van der Waals surface area contributed by atoms with Gasteiger partial charge in [-0.2, -0.15) is 0 Å². The van der Waals surface area contributed by atoms with Gasteiger partial charge >= 0.3 is 39.5 Å². The molecule has 0 aliphatic heterocycles. The number of rotatable bonds is 71. The van der Waals surface area contributed by atoms with Gasteiger partial charge in [0.15, 0.2) is 12.2 Å². The summed E-state index contributed by atoms with van der Waals surface area (Å²) >= 11 is 0. The minimum atomic E-state index is -4.95. The van der Waals surface area contributed by atoms with Crippen molar-refractivity contribution in [1.82, 2.24) is 0 Å². The zero-order chi connectivity index (χ0) is 67.2. The molecule has 0 spiro atoms. The van der Waals surface area contributed by atoms with E-state index in [0.717, 1.165) is 96.3 Å². The molecule has 0 amide bonds. The van der Waals surface area contributed by atoms with E-state index in [9.17, 15) is 43.2 Å². The summed E-state index contributed by atoms with van der Waals surface area (Å²) in [4.78, 5) is 72.5. The monoisotopic (exact) mass is 1340 g/mol. The van der Waals surface area contributed by atoms with Gasteiger partial charge in [-0.3, -0.25) is 37.3 Å². The molecule has 91 heavy (non-hydrogen) atoms. The molecule has 19 heteroatoms. The lowest BCUT2D eigenvalue weighted by Gasteiger charge is -2.21. The summed E-state index contributed by atoms with van der Waals surface area (Å²) in [7, 11) is -9.90. The molecule has 0 saturated carbocycles. The van der Waals surface area contributed by atoms with Crippen molar-refractivity contribution in [3.8, 4) is 0 Å². The first-order valence-corrected chi connectivity index (χ1v) is 40.5. The van der Waals surface area contributed by atoms with Crippen LogP contribution in [-0.4, -0.2) is 96.7 Å². The number of carbonyl (C=O) groups excluding carboxylic acids is 4. The van der Waals surface area contributed by atoms with Gasteiger partial charge in [0.1, 0.15) is 19.3 Å². The van der Waals surface area contributed by atoms with Crippen LogP contribution in [0.25, 0.3) is 0 Å². The second kappa shape index (κ2) is 64.1. The molecule has 5 atom stereocenters. The van der Waals surface area contributed by atoms with E-state index in [-0.39, 0.29) is 25.7 Å². The fourth-order valence-electron chi connectivity index (χ4n) is 10.9. The highest BCUT2D eigenvalue weighted by Gasteiger charge is 2.30. The van der Waals surface area contributed by atoms with Crippen LogP contribution in [0.5, 0.6) is 0 Å². The first kappa shape index (κ1) is 89.1. The number of aliphatic hydroxyl groups excluding tert-OH is 1. The summed E-state index contributed by atoms with van der Waals surface area (Å²) in [5.41, 5.74) is 0. The van der Waals surface area contributed by atoms with E-state index in [1.165, 1.54) is 180 Å².